The van der Waals surface area contributed by atoms with Gasteiger partial charge in [-0.1, -0.05) is 28.1 Å². The summed E-state index contributed by atoms with van der Waals surface area (Å²) in [7, 11) is 0. The number of alkyl halides is 2. The zero-order valence-electron chi connectivity index (χ0n) is 6.88. The molecule has 4 heteroatoms. The lowest BCUT2D eigenvalue weighted by atomic mass is 10.1. The summed E-state index contributed by atoms with van der Waals surface area (Å²) in [4.78, 5) is 0. The fraction of sp³-hybridized carbons (Fsp3) is 0.333. The fourth-order valence-electron chi connectivity index (χ4n) is 0.982. The summed E-state index contributed by atoms with van der Waals surface area (Å²) in [6, 6.07) is 6.13. The van der Waals surface area contributed by atoms with Gasteiger partial charge in [-0.3, -0.25) is 0 Å². The molecule has 0 saturated heterocycles. The average Bonchev–Trinajstić information content (AvgIpc) is 2.08. The Balaban J connectivity index is 2.59. The van der Waals surface area contributed by atoms with Crippen molar-refractivity contribution >= 4 is 15.9 Å². The van der Waals surface area contributed by atoms with Gasteiger partial charge in [0.15, 0.2) is 0 Å². The minimum absolute atomic E-state index is 0.213. The van der Waals surface area contributed by atoms with E-state index in [4.69, 9.17) is 5.73 Å². The highest BCUT2D eigenvalue weighted by molar-refractivity contribution is 9.10. The molecule has 0 aliphatic carbocycles. The molecule has 1 unspecified atom stereocenters. The van der Waals surface area contributed by atoms with E-state index < -0.39 is 12.5 Å². The molecule has 0 aromatic heterocycles. The van der Waals surface area contributed by atoms with Crippen molar-refractivity contribution in [1.82, 2.24) is 0 Å². The van der Waals surface area contributed by atoms with Crippen molar-refractivity contribution in [3.05, 3.63) is 34.3 Å². The van der Waals surface area contributed by atoms with Crippen molar-refractivity contribution in [2.24, 2.45) is 5.73 Å². The summed E-state index contributed by atoms with van der Waals surface area (Å²) in [6.07, 6.45) is -2.24. The van der Waals surface area contributed by atoms with Gasteiger partial charge in [-0.2, -0.15) is 0 Å². The van der Waals surface area contributed by atoms with E-state index in [1.54, 1.807) is 12.1 Å². The molecule has 0 aliphatic heterocycles. The van der Waals surface area contributed by atoms with Crippen molar-refractivity contribution in [3.8, 4) is 0 Å². The lowest BCUT2D eigenvalue weighted by Gasteiger charge is -2.09. The van der Waals surface area contributed by atoms with Gasteiger partial charge in [-0.25, -0.2) is 8.78 Å². The fourth-order valence-corrected chi connectivity index (χ4v) is 1.25. The third-order valence-corrected chi connectivity index (χ3v) is 2.24. The molecular formula is C9H10BrF2N. The van der Waals surface area contributed by atoms with Gasteiger partial charge in [0.2, 0.25) is 0 Å². The zero-order chi connectivity index (χ0) is 9.84. The summed E-state index contributed by atoms with van der Waals surface area (Å²) >= 11 is 3.26. The number of nitrogens with two attached hydrogens (primary N) is 1. The number of rotatable bonds is 3. The molecule has 0 amide bonds. The third kappa shape index (κ3) is 3.40. The first-order valence-corrected chi connectivity index (χ1v) is 4.67. The van der Waals surface area contributed by atoms with E-state index in [1.807, 2.05) is 12.1 Å². The van der Waals surface area contributed by atoms with Gasteiger partial charge in [0.25, 0.3) is 6.43 Å². The van der Waals surface area contributed by atoms with Crippen LogP contribution in [0, 0.1) is 0 Å². The Bertz CT molecular complexity index is 261. The number of hydrogen-bond donors (Lipinski definition) is 1. The molecule has 1 aromatic carbocycles. The van der Waals surface area contributed by atoms with Crippen LogP contribution in [0.1, 0.15) is 5.56 Å². The second kappa shape index (κ2) is 4.67. The molecule has 1 nitrogen and oxygen atoms in total. The van der Waals surface area contributed by atoms with E-state index in [2.05, 4.69) is 15.9 Å². The molecule has 13 heavy (non-hydrogen) atoms. The molecule has 0 radical (unpaired) electrons. The molecule has 1 aromatic rings. The minimum Gasteiger partial charge on any atom is -0.323 e. The summed E-state index contributed by atoms with van der Waals surface area (Å²) in [5.74, 6) is 0. The van der Waals surface area contributed by atoms with Crippen molar-refractivity contribution in [2.45, 2.75) is 18.9 Å². The lowest BCUT2D eigenvalue weighted by molar-refractivity contribution is 0.116. The molecule has 72 valence electrons. The second-order valence-corrected chi connectivity index (χ2v) is 3.74. The van der Waals surface area contributed by atoms with Crippen LogP contribution in [0.15, 0.2) is 28.7 Å². The number of halogens is 3. The predicted molar refractivity (Wildman–Crippen MR) is 51.8 cm³/mol. The Morgan fingerprint density at radius 2 is 1.77 bits per heavy atom. The molecule has 0 heterocycles. The molecule has 0 spiro atoms. The van der Waals surface area contributed by atoms with Crippen LogP contribution in [0.25, 0.3) is 0 Å². The highest BCUT2D eigenvalue weighted by Gasteiger charge is 2.14. The van der Waals surface area contributed by atoms with Crippen LogP contribution in [0.4, 0.5) is 8.78 Å². The molecular weight excluding hydrogens is 240 g/mol. The highest BCUT2D eigenvalue weighted by Crippen LogP contribution is 2.13. The van der Waals surface area contributed by atoms with Gasteiger partial charge in [0.1, 0.15) is 0 Å². The Morgan fingerprint density at radius 3 is 2.23 bits per heavy atom. The van der Waals surface area contributed by atoms with Gasteiger partial charge in [-0.05, 0) is 24.1 Å². The maximum atomic E-state index is 12.1. The van der Waals surface area contributed by atoms with E-state index >= 15 is 0 Å². The van der Waals surface area contributed by atoms with Gasteiger partial charge in [-0.15, -0.1) is 0 Å². The minimum atomic E-state index is -2.45. The maximum absolute atomic E-state index is 12.1. The average molecular weight is 250 g/mol. The van der Waals surface area contributed by atoms with Crippen LogP contribution >= 0.6 is 15.9 Å². The SMILES string of the molecule is NC(Cc1ccc(Br)cc1)C(F)F. The summed E-state index contributed by atoms with van der Waals surface area (Å²) in [5.41, 5.74) is 6.05. The Kier molecular flexibility index (Phi) is 3.81. The molecule has 0 aliphatic rings. The van der Waals surface area contributed by atoms with E-state index in [9.17, 15) is 8.78 Å². The van der Waals surface area contributed by atoms with Gasteiger partial charge < -0.3 is 5.73 Å². The number of hydrogen-bond acceptors (Lipinski definition) is 1. The summed E-state index contributed by atoms with van der Waals surface area (Å²) in [6.45, 7) is 0. The maximum Gasteiger partial charge on any atom is 0.253 e. The van der Waals surface area contributed by atoms with E-state index in [0.29, 0.717) is 0 Å². The Labute approximate surface area is 84.1 Å². The molecule has 1 rings (SSSR count). The molecule has 2 N–H and O–H groups in total. The van der Waals surface area contributed by atoms with E-state index in [0.717, 1.165) is 10.0 Å². The zero-order valence-corrected chi connectivity index (χ0v) is 8.47. The first kappa shape index (κ1) is 10.6. The second-order valence-electron chi connectivity index (χ2n) is 2.83. The predicted octanol–water partition coefficient (Wildman–Crippen LogP) is 2.58. The first-order chi connectivity index (χ1) is 6.09. The summed E-state index contributed by atoms with van der Waals surface area (Å²) < 4.78 is 25.1. The van der Waals surface area contributed by atoms with Crippen LogP contribution < -0.4 is 5.73 Å². The van der Waals surface area contributed by atoms with Gasteiger partial charge in [0, 0.05) is 4.47 Å². The molecule has 0 bridgehead atoms. The van der Waals surface area contributed by atoms with Crippen molar-refractivity contribution in [1.29, 1.82) is 0 Å². The lowest BCUT2D eigenvalue weighted by Crippen LogP contribution is -2.30. The standard InChI is InChI=1S/C9H10BrF2N/c10-7-3-1-6(2-4-7)5-8(13)9(11)12/h1-4,8-9H,5,13H2. The number of benzene rings is 1. The van der Waals surface area contributed by atoms with Gasteiger partial charge in [0.05, 0.1) is 6.04 Å². The van der Waals surface area contributed by atoms with Crippen molar-refractivity contribution in [3.63, 3.8) is 0 Å². The topological polar surface area (TPSA) is 26.0 Å². The molecule has 0 fully saturated rings. The smallest absolute Gasteiger partial charge is 0.253 e. The van der Waals surface area contributed by atoms with Crippen LogP contribution in [-0.2, 0) is 6.42 Å². The van der Waals surface area contributed by atoms with Crippen LogP contribution in [0.5, 0.6) is 0 Å². The summed E-state index contributed by atoms with van der Waals surface area (Å²) in [5, 5.41) is 0. The van der Waals surface area contributed by atoms with Crippen molar-refractivity contribution < 1.29 is 8.78 Å². The monoisotopic (exact) mass is 249 g/mol. The Morgan fingerprint density at radius 1 is 1.23 bits per heavy atom. The normalized spacial score (nSPS) is 13.3. The van der Waals surface area contributed by atoms with Crippen LogP contribution in [-0.4, -0.2) is 12.5 Å². The van der Waals surface area contributed by atoms with E-state index in [-0.39, 0.29) is 6.42 Å². The van der Waals surface area contributed by atoms with Crippen LogP contribution in [0.2, 0.25) is 0 Å². The van der Waals surface area contributed by atoms with Crippen molar-refractivity contribution in [2.75, 3.05) is 0 Å². The van der Waals surface area contributed by atoms with E-state index in [1.165, 1.54) is 0 Å². The largest absolute Gasteiger partial charge is 0.323 e. The highest BCUT2D eigenvalue weighted by atomic mass is 79.9. The quantitative estimate of drug-likeness (QED) is 0.876. The third-order valence-electron chi connectivity index (χ3n) is 1.71. The molecule has 0 saturated carbocycles. The van der Waals surface area contributed by atoms with Gasteiger partial charge >= 0.3 is 0 Å². The first-order valence-electron chi connectivity index (χ1n) is 3.88. The van der Waals surface area contributed by atoms with Crippen LogP contribution in [0.3, 0.4) is 0 Å². The Hall–Kier alpha value is -0.480. The molecule has 1 atom stereocenters.